The van der Waals surface area contributed by atoms with Crippen LogP contribution in [0, 0.1) is 0 Å². The summed E-state index contributed by atoms with van der Waals surface area (Å²) in [5.74, 6) is -0.668. The molecule has 1 amide bonds. The van der Waals surface area contributed by atoms with Crippen LogP contribution in [0.15, 0.2) is 24.3 Å². The standard InChI is InChI=1S/C14H17NO3/c16-13-7-3-4-8-15(13)10-12-6-2-1-5-11(12)9-14(17)18/h1-2,5-6H,3-4,7-10H2,(H,17,18). The molecule has 0 saturated carbocycles. The minimum Gasteiger partial charge on any atom is -0.481 e. The van der Waals surface area contributed by atoms with E-state index in [0.29, 0.717) is 13.0 Å². The predicted molar refractivity (Wildman–Crippen MR) is 67.0 cm³/mol. The van der Waals surface area contributed by atoms with Gasteiger partial charge >= 0.3 is 5.97 Å². The van der Waals surface area contributed by atoms with Gasteiger partial charge in [0.05, 0.1) is 6.42 Å². The van der Waals surface area contributed by atoms with Gasteiger partial charge in [0, 0.05) is 19.5 Å². The molecule has 0 unspecified atom stereocenters. The van der Waals surface area contributed by atoms with E-state index in [0.717, 1.165) is 30.5 Å². The van der Waals surface area contributed by atoms with Gasteiger partial charge in [0.1, 0.15) is 0 Å². The molecule has 1 aliphatic rings. The van der Waals surface area contributed by atoms with E-state index in [9.17, 15) is 9.59 Å². The maximum Gasteiger partial charge on any atom is 0.307 e. The number of amides is 1. The number of aliphatic carboxylic acids is 1. The third-order valence-electron chi connectivity index (χ3n) is 3.24. The van der Waals surface area contributed by atoms with Gasteiger partial charge in [0.2, 0.25) is 5.91 Å². The highest BCUT2D eigenvalue weighted by Gasteiger charge is 2.19. The minimum absolute atomic E-state index is 0.0121. The molecule has 18 heavy (non-hydrogen) atoms. The number of hydrogen-bond donors (Lipinski definition) is 1. The van der Waals surface area contributed by atoms with Gasteiger partial charge in [-0.3, -0.25) is 9.59 Å². The van der Waals surface area contributed by atoms with Crippen molar-refractivity contribution in [3.05, 3.63) is 35.4 Å². The fraction of sp³-hybridized carbons (Fsp3) is 0.429. The second-order valence-corrected chi connectivity index (χ2v) is 4.61. The van der Waals surface area contributed by atoms with Crippen molar-refractivity contribution in [2.24, 2.45) is 0 Å². The van der Waals surface area contributed by atoms with E-state index < -0.39 is 5.97 Å². The van der Waals surface area contributed by atoms with Crippen molar-refractivity contribution >= 4 is 11.9 Å². The smallest absolute Gasteiger partial charge is 0.307 e. The Morgan fingerprint density at radius 3 is 2.61 bits per heavy atom. The first-order valence-corrected chi connectivity index (χ1v) is 6.23. The van der Waals surface area contributed by atoms with E-state index in [1.807, 2.05) is 29.2 Å². The molecule has 0 spiro atoms. The quantitative estimate of drug-likeness (QED) is 0.883. The van der Waals surface area contributed by atoms with Crippen LogP contribution in [0.3, 0.4) is 0 Å². The minimum atomic E-state index is -0.840. The number of nitrogens with zero attached hydrogens (tertiary/aromatic N) is 1. The lowest BCUT2D eigenvalue weighted by Gasteiger charge is -2.27. The Morgan fingerprint density at radius 1 is 1.22 bits per heavy atom. The Hall–Kier alpha value is -1.84. The fourth-order valence-electron chi connectivity index (χ4n) is 2.28. The number of likely N-dealkylation sites (tertiary alicyclic amines) is 1. The van der Waals surface area contributed by atoms with Crippen LogP contribution < -0.4 is 0 Å². The average molecular weight is 247 g/mol. The molecule has 1 fully saturated rings. The largest absolute Gasteiger partial charge is 0.481 e. The van der Waals surface area contributed by atoms with Crippen LogP contribution in [0.2, 0.25) is 0 Å². The molecule has 0 radical (unpaired) electrons. The summed E-state index contributed by atoms with van der Waals surface area (Å²) in [5, 5.41) is 8.87. The molecule has 4 heteroatoms. The maximum atomic E-state index is 11.7. The third-order valence-corrected chi connectivity index (χ3v) is 3.24. The van der Waals surface area contributed by atoms with E-state index >= 15 is 0 Å². The van der Waals surface area contributed by atoms with Gasteiger partial charge in [0.15, 0.2) is 0 Å². The molecule has 0 bridgehead atoms. The topological polar surface area (TPSA) is 57.6 Å². The second-order valence-electron chi connectivity index (χ2n) is 4.61. The monoisotopic (exact) mass is 247 g/mol. The van der Waals surface area contributed by atoms with E-state index in [1.54, 1.807) is 0 Å². The average Bonchev–Trinajstić information content (AvgIpc) is 2.34. The van der Waals surface area contributed by atoms with E-state index in [1.165, 1.54) is 0 Å². The Balaban J connectivity index is 2.12. The molecule has 2 rings (SSSR count). The first-order valence-electron chi connectivity index (χ1n) is 6.23. The molecule has 96 valence electrons. The highest BCUT2D eigenvalue weighted by molar-refractivity contribution is 5.77. The first-order chi connectivity index (χ1) is 8.66. The summed E-state index contributed by atoms with van der Waals surface area (Å²) in [6.07, 6.45) is 2.62. The van der Waals surface area contributed by atoms with E-state index in [4.69, 9.17) is 5.11 Å². The van der Waals surface area contributed by atoms with Gasteiger partial charge in [-0.1, -0.05) is 24.3 Å². The van der Waals surface area contributed by atoms with Crippen molar-refractivity contribution in [2.75, 3.05) is 6.54 Å². The normalized spacial score (nSPS) is 15.8. The summed E-state index contributed by atoms with van der Waals surface area (Å²) < 4.78 is 0. The number of benzene rings is 1. The van der Waals surface area contributed by atoms with Gasteiger partial charge < -0.3 is 10.0 Å². The van der Waals surface area contributed by atoms with Crippen LogP contribution in [0.1, 0.15) is 30.4 Å². The lowest BCUT2D eigenvalue weighted by atomic mass is 10.0. The van der Waals surface area contributed by atoms with Crippen molar-refractivity contribution < 1.29 is 14.7 Å². The zero-order chi connectivity index (χ0) is 13.0. The zero-order valence-corrected chi connectivity index (χ0v) is 10.3. The molecule has 1 heterocycles. The number of carboxylic acids is 1. The number of carbonyl (C=O) groups excluding carboxylic acids is 1. The summed E-state index contributed by atoms with van der Waals surface area (Å²) in [6.45, 7) is 1.31. The summed E-state index contributed by atoms with van der Waals surface area (Å²) in [5.41, 5.74) is 1.73. The molecule has 1 aliphatic heterocycles. The molecular formula is C14H17NO3. The van der Waals surface area contributed by atoms with Crippen LogP contribution in [0.4, 0.5) is 0 Å². The number of carbonyl (C=O) groups is 2. The number of hydrogen-bond acceptors (Lipinski definition) is 2. The van der Waals surface area contributed by atoms with Gasteiger partial charge in [-0.2, -0.15) is 0 Å². The summed E-state index contributed by atoms with van der Waals surface area (Å²) in [6, 6.07) is 7.44. The molecule has 0 atom stereocenters. The SMILES string of the molecule is O=C(O)Cc1ccccc1CN1CCCCC1=O. The van der Waals surface area contributed by atoms with E-state index in [2.05, 4.69) is 0 Å². The molecule has 0 aromatic heterocycles. The Morgan fingerprint density at radius 2 is 1.94 bits per heavy atom. The van der Waals surface area contributed by atoms with Gasteiger partial charge in [-0.05, 0) is 24.0 Å². The molecule has 1 saturated heterocycles. The molecule has 4 nitrogen and oxygen atoms in total. The Bertz CT molecular complexity index is 456. The van der Waals surface area contributed by atoms with Crippen molar-refractivity contribution in [3.63, 3.8) is 0 Å². The number of carboxylic acid groups (broad SMARTS) is 1. The fourth-order valence-corrected chi connectivity index (χ4v) is 2.28. The highest BCUT2D eigenvalue weighted by atomic mass is 16.4. The summed E-state index contributed by atoms with van der Waals surface area (Å²) in [4.78, 5) is 24.4. The van der Waals surface area contributed by atoms with Crippen molar-refractivity contribution in [3.8, 4) is 0 Å². The maximum absolute atomic E-state index is 11.7. The second kappa shape index (κ2) is 5.67. The third kappa shape index (κ3) is 3.09. The van der Waals surface area contributed by atoms with Gasteiger partial charge in [0.25, 0.3) is 0 Å². The van der Waals surface area contributed by atoms with Crippen LogP contribution >= 0.6 is 0 Å². The van der Waals surface area contributed by atoms with Crippen molar-refractivity contribution in [2.45, 2.75) is 32.2 Å². The zero-order valence-electron chi connectivity index (χ0n) is 10.3. The lowest BCUT2D eigenvalue weighted by Crippen LogP contribution is -2.34. The summed E-state index contributed by atoms with van der Waals surface area (Å²) >= 11 is 0. The number of piperidine rings is 1. The lowest BCUT2D eigenvalue weighted by molar-refractivity contribution is -0.136. The van der Waals surface area contributed by atoms with E-state index in [-0.39, 0.29) is 12.3 Å². The van der Waals surface area contributed by atoms with Crippen molar-refractivity contribution in [1.29, 1.82) is 0 Å². The van der Waals surface area contributed by atoms with Gasteiger partial charge in [-0.15, -0.1) is 0 Å². The molecule has 1 N–H and O–H groups in total. The van der Waals surface area contributed by atoms with Crippen molar-refractivity contribution in [1.82, 2.24) is 4.90 Å². The Kier molecular flexibility index (Phi) is 3.97. The van der Waals surface area contributed by atoms with Gasteiger partial charge in [-0.25, -0.2) is 0 Å². The van der Waals surface area contributed by atoms with Crippen LogP contribution in [-0.2, 0) is 22.6 Å². The van der Waals surface area contributed by atoms with Crippen LogP contribution in [0.5, 0.6) is 0 Å². The molecule has 0 aliphatic carbocycles. The van der Waals surface area contributed by atoms with Crippen LogP contribution in [0.25, 0.3) is 0 Å². The highest BCUT2D eigenvalue weighted by Crippen LogP contribution is 2.17. The Labute approximate surface area is 106 Å². The van der Waals surface area contributed by atoms with Crippen LogP contribution in [-0.4, -0.2) is 28.4 Å². The predicted octanol–water partition coefficient (Wildman–Crippen LogP) is 1.83. The number of rotatable bonds is 4. The first kappa shape index (κ1) is 12.6. The molecule has 1 aromatic carbocycles. The molecular weight excluding hydrogens is 230 g/mol. The molecule has 1 aromatic rings. The summed E-state index contributed by atoms with van der Waals surface area (Å²) in [7, 11) is 0.